The van der Waals surface area contributed by atoms with Crippen molar-refractivity contribution in [1.82, 2.24) is 10.2 Å². The quantitative estimate of drug-likeness (QED) is 0.361. The molecule has 0 saturated heterocycles. The fraction of sp³-hybridized carbons (Fsp3) is 0.118. The van der Waals surface area contributed by atoms with E-state index in [2.05, 4.69) is 10.2 Å². The number of nitro groups is 1. The third-order valence-corrected chi connectivity index (χ3v) is 5.64. The molecule has 0 N–H and O–H groups in total. The van der Waals surface area contributed by atoms with Gasteiger partial charge in [0.1, 0.15) is 0 Å². The average molecular weight is 386 g/mol. The zero-order chi connectivity index (χ0) is 18.7. The summed E-state index contributed by atoms with van der Waals surface area (Å²) >= 11 is 2.50. The zero-order valence-corrected chi connectivity index (χ0v) is 15.6. The molecule has 0 unspecified atom stereocenters. The first-order valence-electron chi connectivity index (χ1n) is 7.52. The van der Waals surface area contributed by atoms with Gasteiger partial charge in [-0.1, -0.05) is 41.7 Å². The molecule has 132 valence electrons. The molecule has 0 radical (unpaired) electrons. The topological polar surface area (TPSA) is 89.2 Å². The fourth-order valence-corrected chi connectivity index (χ4v) is 3.97. The maximum absolute atomic E-state index is 12.5. The Morgan fingerprint density at radius 2 is 1.85 bits per heavy atom. The standard InChI is InChI=1S/C17H14N4O3S2/c1-20(2)16-18-19-17(26-16)25-14-9-8-12(10-13(14)21(23)24)15(22)11-6-4-3-5-7-11/h3-10H,1-2H3. The highest BCUT2D eigenvalue weighted by atomic mass is 32.2. The molecule has 26 heavy (non-hydrogen) atoms. The van der Waals surface area contributed by atoms with Gasteiger partial charge in [-0.2, -0.15) is 0 Å². The van der Waals surface area contributed by atoms with E-state index < -0.39 is 4.92 Å². The SMILES string of the molecule is CN(C)c1nnc(Sc2ccc(C(=O)c3ccccc3)cc2[N+](=O)[O-])s1. The molecule has 0 aliphatic rings. The maximum atomic E-state index is 12.5. The second-order valence-electron chi connectivity index (χ2n) is 5.48. The van der Waals surface area contributed by atoms with E-state index in [1.807, 2.05) is 25.1 Å². The summed E-state index contributed by atoms with van der Waals surface area (Å²) in [5.41, 5.74) is 0.638. The summed E-state index contributed by atoms with van der Waals surface area (Å²) in [6, 6.07) is 13.2. The molecular weight excluding hydrogens is 372 g/mol. The lowest BCUT2D eigenvalue weighted by Gasteiger charge is -2.05. The second kappa shape index (κ2) is 7.63. The monoisotopic (exact) mass is 386 g/mol. The normalized spacial score (nSPS) is 10.5. The second-order valence-corrected chi connectivity index (χ2v) is 7.73. The van der Waals surface area contributed by atoms with Crippen LogP contribution in [0.25, 0.3) is 0 Å². The Bertz CT molecular complexity index is 958. The smallest absolute Gasteiger partial charge is 0.284 e. The predicted molar refractivity (Wildman–Crippen MR) is 101 cm³/mol. The van der Waals surface area contributed by atoms with Crippen LogP contribution in [0.2, 0.25) is 0 Å². The van der Waals surface area contributed by atoms with Crippen molar-refractivity contribution in [3.05, 3.63) is 69.8 Å². The van der Waals surface area contributed by atoms with Crippen LogP contribution in [0.4, 0.5) is 10.8 Å². The molecule has 1 heterocycles. The highest BCUT2D eigenvalue weighted by Crippen LogP contribution is 2.38. The summed E-state index contributed by atoms with van der Waals surface area (Å²) in [4.78, 5) is 25.7. The minimum absolute atomic E-state index is 0.126. The van der Waals surface area contributed by atoms with Crippen LogP contribution in [0.3, 0.4) is 0 Å². The summed E-state index contributed by atoms with van der Waals surface area (Å²) < 4.78 is 0.596. The number of aromatic nitrogens is 2. The van der Waals surface area contributed by atoms with Gasteiger partial charge in [-0.25, -0.2) is 0 Å². The first kappa shape index (κ1) is 18.0. The fourth-order valence-electron chi connectivity index (χ4n) is 2.16. The Kier molecular flexibility index (Phi) is 5.29. The molecule has 0 spiro atoms. The Morgan fingerprint density at radius 3 is 2.46 bits per heavy atom. The average Bonchev–Trinajstić information content (AvgIpc) is 3.11. The summed E-state index contributed by atoms with van der Waals surface area (Å²) in [5.74, 6) is -0.254. The highest BCUT2D eigenvalue weighted by Gasteiger charge is 2.20. The van der Waals surface area contributed by atoms with Crippen LogP contribution in [-0.4, -0.2) is 35.0 Å². The van der Waals surface area contributed by atoms with E-state index in [0.29, 0.717) is 19.9 Å². The van der Waals surface area contributed by atoms with Crippen molar-refractivity contribution in [2.45, 2.75) is 9.24 Å². The molecule has 7 nitrogen and oxygen atoms in total. The molecule has 9 heteroatoms. The largest absolute Gasteiger partial charge is 0.353 e. The number of hydrogen-bond donors (Lipinski definition) is 0. The number of rotatable bonds is 6. The van der Waals surface area contributed by atoms with E-state index in [1.54, 1.807) is 36.4 Å². The van der Waals surface area contributed by atoms with Crippen molar-refractivity contribution < 1.29 is 9.72 Å². The van der Waals surface area contributed by atoms with Crippen molar-refractivity contribution in [1.29, 1.82) is 0 Å². The lowest BCUT2D eigenvalue weighted by atomic mass is 10.0. The lowest BCUT2D eigenvalue weighted by Crippen LogP contribution is -2.07. The number of nitro benzene ring substituents is 1. The van der Waals surface area contributed by atoms with Gasteiger partial charge >= 0.3 is 0 Å². The van der Waals surface area contributed by atoms with Gasteiger partial charge in [0, 0.05) is 31.3 Å². The molecule has 0 atom stereocenters. The maximum Gasteiger partial charge on any atom is 0.284 e. The van der Waals surface area contributed by atoms with E-state index >= 15 is 0 Å². The molecule has 2 aromatic carbocycles. The third-order valence-electron chi connectivity index (χ3n) is 3.43. The lowest BCUT2D eigenvalue weighted by molar-refractivity contribution is -0.387. The Morgan fingerprint density at radius 1 is 1.12 bits per heavy atom. The summed E-state index contributed by atoms with van der Waals surface area (Å²) in [7, 11) is 3.70. The van der Waals surface area contributed by atoms with Gasteiger partial charge in [-0.15, -0.1) is 10.2 Å². The summed E-state index contributed by atoms with van der Waals surface area (Å²) in [5, 5.41) is 20.3. The van der Waals surface area contributed by atoms with E-state index in [9.17, 15) is 14.9 Å². The van der Waals surface area contributed by atoms with Crippen LogP contribution in [-0.2, 0) is 0 Å². The molecule has 1 aromatic heterocycles. The molecular formula is C17H14N4O3S2. The van der Waals surface area contributed by atoms with Crippen molar-refractivity contribution in [2.75, 3.05) is 19.0 Å². The van der Waals surface area contributed by atoms with Gasteiger partial charge in [-0.3, -0.25) is 14.9 Å². The van der Waals surface area contributed by atoms with Gasteiger partial charge in [0.25, 0.3) is 5.69 Å². The highest BCUT2D eigenvalue weighted by molar-refractivity contribution is 8.01. The molecule has 0 aliphatic heterocycles. The van der Waals surface area contributed by atoms with Crippen LogP contribution in [0.1, 0.15) is 15.9 Å². The van der Waals surface area contributed by atoms with Crippen LogP contribution >= 0.6 is 23.1 Å². The van der Waals surface area contributed by atoms with Crippen molar-refractivity contribution >= 4 is 39.7 Å². The number of benzene rings is 2. The zero-order valence-electron chi connectivity index (χ0n) is 13.9. The van der Waals surface area contributed by atoms with E-state index in [0.717, 1.165) is 11.8 Å². The Labute approximate surface area is 157 Å². The van der Waals surface area contributed by atoms with Crippen LogP contribution in [0.5, 0.6) is 0 Å². The Hall–Kier alpha value is -2.78. The van der Waals surface area contributed by atoms with Gasteiger partial charge in [0.05, 0.1) is 9.82 Å². The van der Waals surface area contributed by atoms with Crippen LogP contribution in [0.15, 0.2) is 57.8 Å². The molecule has 0 fully saturated rings. The van der Waals surface area contributed by atoms with Crippen molar-refractivity contribution in [3.63, 3.8) is 0 Å². The van der Waals surface area contributed by atoms with Gasteiger partial charge in [0.15, 0.2) is 10.1 Å². The predicted octanol–water partition coefficient (Wildman–Crippen LogP) is 3.89. The van der Waals surface area contributed by atoms with Crippen LogP contribution in [0, 0.1) is 10.1 Å². The van der Waals surface area contributed by atoms with E-state index in [1.165, 1.54) is 17.4 Å². The van der Waals surface area contributed by atoms with Crippen LogP contribution < -0.4 is 4.90 Å². The molecule has 3 rings (SSSR count). The first-order chi connectivity index (χ1) is 12.5. The number of carbonyl (C=O) groups excluding carboxylic acids is 1. The van der Waals surface area contributed by atoms with Crippen molar-refractivity contribution in [2.24, 2.45) is 0 Å². The number of anilines is 1. The molecule has 0 saturated carbocycles. The minimum atomic E-state index is -0.488. The molecule has 0 bridgehead atoms. The molecule has 0 aliphatic carbocycles. The van der Waals surface area contributed by atoms with E-state index in [-0.39, 0.29) is 17.0 Å². The Balaban J connectivity index is 1.92. The van der Waals surface area contributed by atoms with E-state index in [4.69, 9.17) is 0 Å². The summed E-state index contributed by atoms with van der Waals surface area (Å²) in [6.45, 7) is 0. The summed E-state index contributed by atoms with van der Waals surface area (Å²) in [6.07, 6.45) is 0. The number of ketones is 1. The number of carbonyl (C=O) groups is 1. The third kappa shape index (κ3) is 3.89. The molecule has 3 aromatic rings. The molecule has 0 amide bonds. The van der Waals surface area contributed by atoms with Gasteiger partial charge < -0.3 is 4.90 Å². The van der Waals surface area contributed by atoms with Crippen molar-refractivity contribution in [3.8, 4) is 0 Å². The number of nitrogens with zero attached hydrogens (tertiary/aromatic N) is 4. The minimum Gasteiger partial charge on any atom is -0.353 e. The van der Waals surface area contributed by atoms with Gasteiger partial charge in [-0.05, 0) is 23.9 Å². The number of hydrogen-bond acceptors (Lipinski definition) is 8. The van der Waals surface area contributed by atoms with Gasteiger partial charge in [0.2, 0.25) is 5.13 Å². The first-order valence-corrected chi connectivity index (χ1v) is 9.16.